The molecule has 2 aliphatic rings. The lowest BCUT2D eigenvalue weighted by atomic mass is 9.96. The van der Waals surface area contributed by atoms with Crippen molar-refractivity contribution < 1.29 is 13.9 Å². The first-order chi connectivity index (χ1) is 11.6. The van der Waals surface area contributed by atoms with Crippen molar-refractivity contribution in [2.45, 2.75) is 31.8 Å². The first kappa shape index (κ1) is 15.3. The Bertz CT molecular complexity index is 843. The molecule has 1 aliphatic heterocycles. The van der Waals surface area contributed by atoms with Gasteiger partial charge < -0.3 is 10.1 Å². The minimum Gasteiger partial charge on any atom is -0.492 e. The van der Waals surface area contributed by atoms with Gasteiger partial charge in [-0.3, -0.25) is 14.5 Å². The van der Waals surface area contributed by atoms with Crippen LogP contribution in [0.3, 0.4) is 0 Å². The van der Waals surface area contributed by atoms with E-state index in [0.717, 1.165) is 24.2 Å². The molecule has 4 rings (SSSR count). The summed E-state index contributed by atoms with van der Waals surface area (Å²) in [7, 11) is 0. The third kappa shape index (κ3) is 2.93. The number of hydrogen-bond acceptors (Lipinski definition) is 4. The van der Waals surface area contributed by atoms with Gasteiger partial charge in [-0.1, -0.05) is 0 Å². The van der Waals surface area contributed by atoms with Gasteiger partial charge in [0, 0.05) is 6.04 Å². The number of nitrogens with zero attached hydrogens (tertiary/aromatic N) is 2. The number of rotatable bonds is 4. The molecule has 1 unspecified atom stereocenters. The molecule has 0 spiro atoms. The summed E-state index contributed by atoms with van der Waals surface area (Å²) in [6.07, 6.45) is 2.65. The average Bonchev–Trinajstić information content (AvgIpc) is 3.34. The maximum Gasteiger partial charge on any atom is 0.227 e. The molecule has 2 heterocycles. The van der Waals surface area contributed by atoms with Crippen molar-refractivity contribution in [3.63, 3.8) is 0 Å². The molecule has 2 N–H and O–H groups in total. The van der Waals surface area contributed by atoms with E-state index in [4.69, 9.17) is 17.0 Å². The fraction of sp³-hybridized carbons (Fsp3) is 0.438. The predicted octanol–water partition coefficient (Wildman–Crippen LogP) is 2.28. The van der Waals surface area contributed by atoms with Gasteiger partial charge in [-0.25, -0.2) is 4.39 Å². The Balaban J connectivity index is 1.41. The number of carbonyl (C=O) groups excluding carboxylic acids is 1. The average molecular weight is 348 g/mol. The first-order valence-corrected chi connectivity index (χ1v) is 8.37. The van der Waals surface area contributed by atoms with Crippen molar-refractivity contribution >= 4 is 18.1 Å². The molecule has 126 valence electrons. The molecule has 2 aromatic rings. The number of aromatic amines is 1. The summed E-state index contributed by atoms with van der Waals surface area (Å²) in [6.45, 7) is 0.606. The van der Waals surface area contributed by atoms with Gasteiger partial charge in [0.15, 0.2) is 10.6 Å². The van der Waals surface area contributed by atoms with Crippen LogP contribution in [0.5, 0.6) is 5.75 Å². The standard InChI is InChI=1S/C16H17FN4O2S/c17-11-1-4-13-9(6-11)5-10(8-23-13)15(22)18-7-14-19-20-16(24)21(14)12-2-3-12/h1,4,6,10,12H,2-3,5,7-8H2,(H,18,22)(H,20,24). The number of hydrogen-bond donors (Lipinski definition) is 2. The Hall–Kier alpha value is -2.22. The van der Waals surface area contributed by atoms with Crippen molar-refractivity contribution in [1.29, 1.82) is 0 Å². The van der Waals surface area contributed by atoms with Crippen LogP contribution in [-0.2, 0) is 17.8 Å². The van der Waals surface area contributed by atoms with E-state index in [1.807, 2.05) is 4.57 Å². The number of halogens is 1. The number of ether oxygens (including phenoxy) is 1. The maximum atomic E-state index is 13.3. The second kappa shape index (κ2) is 6.01. The van der Waals surface area contributed by atoms with E-state index in [2.05, 4.69) is 15.5 Å². The predicted molar refractivity (Wildman–Crippen MR) is 86.6 cm³/mol. The molecule has 8 heteroatoms. The van der Waals surface area contributed by atoms with E-state index in [-0.39, 0.29) is 17.6 Å². The fourth-order valence-electron chi connectivity index (χ4n) is 3.01. The normalized spacial score (nSPS) is 19.5. The highest BCUT2D eigenvalue weighted by Crippen LogP contribution is 2.35. The van der Waals surface area contributed by atoms with Crippen LogP contribution in [0, 0.1) is 16.5 Å². The molecule has 6 nitrogen and oxygen atoms in total. The van der Waals surface area contributed by atoms with Crippen LogP contribution in [0.15, 0.2) is 18.2 Å². The van der Waals surface area contributed by atoms with Crippen molar-refractivity contribution in [2.75, 3.05) is 6.61 Å². The van der Waals surface area contributed by atoms with E-state index < -0.39 is 0 Å². The second-order valence-electron chi connectivity index (χ2n) is 6.23. The molecule has 1 aliphatic carbocycles. The third-order valence-electron chi connectivity index (χ3n) is 4.41. The van der Waals surface area contributed by atoms with Gasteiger partial charge in [0.1, 0.15) is 18.2 Å². The summed E-state index contributed by atoms with van der Waals surface area (Å²) in [6, 6.07) is 4.79. The van der Waals surface area contributed by atoms with Crippen molar-refractivity contribution in [2.24, 2.45) is 5.92 Å². The quantitative estimate of drug-likeness (QED) is 0.832. The van der Waals surface area contributed by atoms with E-state index in [0.29, 0.717) is 36.1 Å². The molecule has 0 saturated heterocycles. The minimum absolute atomic E-state index is 0.124. The number of H-pyrrole nitrogens is 1. The Morgan fingerprint density at radius 1 is 1.50 bits per heavy atom. The zero-order chi connectivity index (χ0) is 16.7. The van der Waals surface area contributed by atoms with E-state index >= 15 is 0 Å². The lowest BCUT2D eigenvalue weighted by molar-refractivity contribution is -0.126. The zero-order valence-electron chi connectivity index (χ0n) is 12.9. The molecular weight excluding hydrogens is 331 g/mol. The summed E-state index contributed by atoms with van der Waals surface area (Å²) in [5, 5.41) is 9.86. The van der Waals surface area contributed by atoms with Crippen LogP contribution in [0.4, 0.5) is 4.39 Å². The van der Waals surface area contributed by atoms with Gasteiger partial charge >= 0.3 is 0 Å². The Morgan fingerprint density at radius 2 is 2.33 bits per heavy atom. The highest BCUT2D eigenvalue weighted by molar-refractivity contribution is 7.71. The molecule has 0 radical (unpaired) electrons. The highest BCUT2D eigenvalue weighted by Gasteiger charge is 2.29. The topological polar surface area (TPSA) is 71.9 Å². The monoisotopic (exact) mass is 348 g/mol. The fourth-order valence-corrected chi connectivity index (χ4v) is 3.31. The number of aromatic nitrogens is 3. The van der Waals surface area contributed by atoms with Crippen molar-refractivity contribution in [3.05, 3.63) is 40.2 Å². The molecule has 0 bridgehead atoms. The van der Waals surface area contributed by atoms with E-state index in [9.17, 15) is 9.18 Å². The van der Waals surface area contributed by atoms with Crippen LogP contribution < -0.4 is 10.1 Å². The molecule has 1 aromatic heterocycles. The number of carbonyl (C=O) groups is 1. The highest BCUT2D eigenvalue weighted by atomic mass is 32.1. The van der Waals surface area contributed by atoms with E-state index in [1.54, 1.807) is 6.07 Å². The molecule has 24 heavy (non-hydrogen) atoms. The molecule has 1 fully saturated rings. The van der Waals surface area contributed by atoms with Gasteiger partial charge in [0.25, 0.3) is 0 Å². The number of benzene rings is 1. The van der Waals surface area contributed by atoms with Gasteiger partial charge in [0.2, 0.25) is 5.91 Å². The molecular formula is C16H17FN4O2S. The third-order valence-corrected chi connectivity index (χ3v) is 4.70. The van der Waals surface area contributed by atoms with Gasteiger partial charge in [-0.05, 0) is 55.2 Å². The lowest BCUT2D eigenvalue weighted by Gasteiger charge is -2.24. The Kier molecular flexibility index (Phi) is 3.84. The smallest absolute Gasteiger partial charge is 0.227 e. The molecule has 1 atom stereocenters. The number of fused-ring (bicyclic) bond motifs is 1. The largest absolute Gasteiger partial charge is 0.492 e. The number of nitrogens with one attached hydrogen (secondary N) is 2. The summed E-state index contributed by atoms with van der Waals surface area (Å²) in [4.78, 5) is 12.4. The lowest BCUT2D eigenvalue weighted by Crippen LogP contribution is -2.37. The van der Waals surface area contributed by atoms with Gasteiger partial charge in [-0.15, -0.1) is 0 Å². The van der Waals surface area contributed by atoms with Crippen LogP contribution in [0.1, 0.15) is 30.3 Å². The van der Waals surface area contributed by atoms with E-state index in [1.165, 1.54) is 12.1 Å². The minimum atomic E-state index is -0.337. The van der Waals surface area contributed by atoms with Crippen LogP contribution in [0.25, 0.3) is 0 Å². The number of amides is 1. The summed E-state index contributed by atoms with van der Waals surface area (Å²) >= 11 is 5.23. The van der Waals surface area contributed by atoms with Gasteiger partial charge in [0.05, 0.1) is 12.5 Å². The Labute approximate surface area is 143 Å². The van der Waals surface area contributed by atoms with Gasteiger partial charge in [-0.2, -0.15) is 5.10 Å². The molecule has 1 amide bonds. The zero-order valence-corrected chi connectivity index (χ0v) is 13.7. The van der Waals surface area contributed by atoms with Crippen LogP contribution in [0.2, 0.25) is 0 Å². The molecule has 1 saturated carbocycles. The van der Waals surface area contributed by atoms with Crippen molar-refractivity contribution in [3.8, 4) is 5.75 Å². The second-order valence-corrected chi connectivity index (χ2v) is 6.61. The Morgan fingerprint density at radius 3 is 3.12 bits per heavy atom. The summed E-state index contributed by atoms with van der Waals surface area (Å²) < 4.78 is 21.5. The van der Waals surface area contributed by atoms with Crippen LogP contribution >= 0.6 is 12.2 Å². The van der Waals surface area contributed by atoms with Crippen molar-refractivity contribution in [1.82, 2.24) is 20.1 Å². The van der Waals surface area contributed by atoms with Crippen LogP contribution in [-0.4, -0.2) is 27.3 Å². The maximum absolute atomic E-state index is 13.3. The first-order valence-electron chi connectivity index (χ1n) is 7.96. The summed E-state index contributed by atoms with van der Waals surface area (Å²) in [5.74, 6) is 0.601. The SMILES string of the molecule is O=C(NCc1n[nH]c(=S)n1C1CC1)C1COc2ccc(F)cc2C1. The molecule has 1 aromatic carbocycles. The summed E-state index contributed by atoms with van der Waals surface area (Å²) in [5.41, 5.74) is 0.724.